The van der Waals surface area contributed by atoms with E-state index < -0.39 is 10.7 Å². The van der Waals surface area contributed by atoms with Crippen molar-refractivity contribution in [1.82, 2.24) is 14.9 Å². The number of hydrogen-bond acceptors (Lipinski definition) is 5. The van der Waals surface area contributed by atoms with E-state index >= 15 is 0 Å². The van der Waals surface area contributed by atoms with Gasteiger partial charge in [0.25, 0.3) is 0 Å². The van der Waals surface area contributed by atoms with Gasteiger partial charge in [-0.05, 0) is 12.8 Å². The zero-order valence-corrected chi connectivity index (χ0v) is 8.90. The molecular weight excluding hydrogens is 216 g/mol. The molecule has 3 N–H and O–H groups in total. The molecule has 0 unspecified atom stereocenters. The predicted molar refractivity (Wildman–Crippen MR) is 54.9 cm³/mol. The highest BCUT2D eigenvalue weighted by atomic mass is 32.2. The number of aliphatic carboxylic acids is 1. The molecule has 1 aromatic rings. The third-order valence-electron chi connectivity index (χ3n) is 2.63. The number of carboxylic acid groups (broad SMARTS) is 1. The summed E-state index contributed by atoms with van der Waals surface area (Å²) in [5.41, 5.74) is 0. The number of carboxylic acids is 1. The molecule has 0 atom stereocenters. The Bertz CT molecular complexity index is 372. The van der Waals surface area contributed by atoms with Gasteiger partial charge in [0.05, 0.1) is 0 Å². The molecule has 1 fully saturated rings. The first-order valence-electron chi connectivity index (χ1n) is 4.71. The number of carbonyl (C=O) groups is 1. The Labute approximate surface area is 90.8 Å². The van der Waals surface area contributed by atoms with Crippen molar-refractivity contribution in [1.29, 1.82) is 0 Å². The summed E-state index contributed by atoms with van der Waals surface area (Å²) in [5, 5.41) is 17.1. The maximum absolute atomic E-state index is 11.2. The summed E-state index contributed by atoms with van der Waals surface area (Å²) in [4.78, 5) is 11.2. The van der Waals surface area contributed by atoms with Crippen molar-refractivity contribution in [3.63, 3.8) is 0 Å². The van der Waals surface area contributed by atoms with Crippen LogP contribution in [0.25, 0.3) is 0 Å². The molecule has 82 valence electrons. The molecule has 6 nitrogen and oxygen atoms in total. The van der Waals surface area contributed by atoms with E-state index in [-0.39, 0.29) is 0 Å². The average molecular weight is 228 g/mol. The zero-order valence-electron chi connectivity index (χ0n) is 8.09. The summed E-state index contributed by atoms with van der Waals surface area (Å²) in [6.07, 6.45) is 4.59. The van der Waals surface area contributed by atoms with E-state index in [0.717, 1.165) is 12.8 Å². The number of nitrogens with zero attached hydrogens (tertiary/aromatic N) is 3. The van der Waals surface area contributed by atoms with Crippen molar-refractivity contribution in [2.45, 2.75) is 35.6 Å². The summed E-state index contributed by atoms with van der Waals surface area (Å²) >= 11 is 1.20. The first-order valence-corrected chi connectivity index (χ1v) is 5.53. The minimum atomic E-state index is -0.784. The summed E-state index contributed by atoms with van der Waals surface area (Å²) < 4.78 is 0.498. The molecule has 1 aromatic heterocycles. The van der Waals surface area contributed by atoms with Crippen LogP contribution in [-0.2, 0) is 4.79 Å². The van der Waals surface area contributed by atoms with Crippen molar-refractivity contribution in [2.24, 2.45) is 0 Å². The van der Waals surface area contributed by atoms with Gasteiger partial charge >= 0.3 is 5.97 Å². The van der Waals surface area contributed by atoms with Crippen LogP contribution in [0.2, 0.25) is 0 Å². The van der Waals surface area contributed by atoms with E-state index in [2.05, 4.69) is 10.2 Å². The lowest BCUT2D eigenvalue weighted by Crippen LogP contribution is -2.32. The lowest BCUT2D eigenvalue weighted by molar-refractivity contribution is -0.139. The predicted octanol–water partition coefficient (Wildman–Crippen LogP) is 0.481. The van der Waals surface area contributed by atoms with Crippen LogP contribution in [0.3, 0.4) is 0 Å². The van der Waals surface area contributed by atoms with Gasteiger partial charge in [-0.2, -0.15) is 0 Å². The lowest BCUT2D eigenvalue weighted by atomic mass is 10.1. The number of thioether (sulfide) groups is 1. The maximum Gasteiger partial charge on any atom is 0.320 e. The minimum Gasteiger partial charge on any atom is -0.480 e. The molecule has 0 aliphatic heterocycles. The highest BCUT2D eigenvalue weighted by Gasteiger charge is 2.43. The van der Waals surface area contributed by atoms with Crippen molar-refractivity contribution in [3.8, 4) is 0 Å². The lowest BCUT2D eigenvalue weighted by Gasteiger charge is -2.21. The van der Waals surface area contributed by atoms with Gasteiger partial charge in [0.1, 0.15) is 11.1 Å². The Kier molecular flexibility index (Phi) is 2.56. The van der Waals surface area contributed by atoms with Crippen molar-refractivity contribution in [3.05, 3.63) is 6.33 Å². The van der Waals surface area contributed by atoms with Gasteiger partial charge in [-0.1, -0.05) is 24.6 Å². The zero-order chi connectivity index (χ0) is 10.9. The van der Waals surface area contributed by atoms with Crippen LogP contribution in [0.5, 0.6) is 0 Å². The molecule has 1 aliphatic rings. The first kappa shape index (κ1) is 10.3. The molecule has 1 aliphatic carbocycles. The molecule has 1 heterocycles. The van der Waals surface area contributed by atoms with Crippen molar-refractivity contribution >= 4 is 17.7 Å². The van der Waals surface area contributed by atoms with Crippen LogP contribution in [0.4, 0.5) is 0 Å². The van der Waals surface area contributed by atoms with Crippen molar-refractivity contribution in [2.75, 3.05) is 5.84 Å². The molecule has 2 rings (SSSR count). The van der Waals surface area contributed by atoms with Crippen LogP contribution >= 0.6 is 11.8 Å². The SMILES string of the molecule is Nn1cnnc1SC1(C(=O)O)CCCC1. The third kappa shape index (κ3) is 1.79. The summed E-state index contributed by atoms with van der Waals surface area (Å²) in [5.74, 6) is 4.77. The van der Waals surface area contributed by atoms with Gasteiger partial charge < -0.3 is 10.9 Å². The molecule has 7 heteroatoms. The maximum atomic E-state index is 11.2. The topological polar surface area (TPSA) is 94.0 Å². The molecule has 0 aromatic carbocycles. The minimum absolute atomic E-state index is 0.458. The normalized spacial score (nSPS) is 19.2. The van der Waals surface area contributed by atoms with Gasteiger partial charge in [-0.3, -0.25) is 4.79 Å². The number of nitrogens with two attached hydrogens (primary N) is 1. The van der Waals surface area contributed by atoms with E-state index in [1.807, 2.05) is 0 Å². The Balaban J connectivity index is 2.21. The summed E-state index contributed by atoms with van der Waals surface area (Å²) in [7, 11) is 0. The average Bonchev–Trinajstić information content (AvgIpc) is 2.78. The van der Waals surface area contributed by atoms with Crippen LogP contribution in [0.15, 0.2) is 11.5 Å². The fourth-order valence-corrected chi connectivity index (χ4v) is 2.96. The monoisotopic (exact) mass is 228 g/mol. The molecule has 15 heavy (non-hydrogen) atoms. The van der Waals surface area contributed by atoms with Gasteiger partial charge in [0, 0.05) is 0 Å². The summed E-state index contributed by atoms with van der Waals surface area (Å²) in [6.45, 7) is 0. The van der Waals surface area contributed by atoms with E-state index in [4.69, 9.17) is 5.84 Å². The molecular formula is C8H12N4O2S. The van der Waals surface area contributed by atoms with Crippen LogP contribution in [0.1, 0.15) is 25.7 Å². The summed E-state index contributed by atoms with van der Waals surface area (Å²) in [6, 6.07) is 0. The van der Waals surface area contributed by atoms with Crippen LogP contribution in [0, 0.1) is 0 Å². The van der Waals surface area contributed by atoms with Crippen LogP contribution < -0.4 is 5.84 Å². The molecule has 0 bridgehead atoms. The van der Waals surface area contributed by atoms with Gasteiger partial charge in [0.15, 0.2) is 0 Å². The Hall–Kier alpha value is -1.24. The van der Waals surface area contributed by atoms with E-state index in [0.29, 0.717) is 18.0 Å². The van der Waals surface area contributed by atoms with E-state index in [1.165, 1.54) is 22.8 Å². The largest absolute Gasteiger partial charge is 0.480 e. The second-order valence-electron chi connectivity index (χ2n) is 3.63. The Morgan fingerprint density at radius 1 is 1.60 bits per heavy atom. The first-order chi connectivity index (χ1) is 7.14. The number of hydrogen-bond donors (Lipinski definition) is 2. The standard InChI is InChI=1S/C8H12N4O2S/c9-12-5-10-11-7(12)15-8(6(13)14)3-1-2-4-8/h5H,1-4,9H2,(H,13,14). The molecule has 0 amide bonds. The number of nitrogen functional groups attached to an aromatic ring is 1. The second-order valence-corrected chi connectivity index (χ2v) is 4.98. The fourth-order valence-electron chi connectivity index (χ4n) is 1.79. The molecule has 1 saturated carbocycles. The molecule has 0 radical (unpaired) electrons. The molecule has 0 saturated heterocycles. The quantitative estimate of drug-likeness (QED) is 0.731. The van der Waals surface area contributed by atoms with Crippen molar-refractivity contribution < 1.29 is 9.90 Å². The smallest absolute Gasteiger partial charge is 0.320 e. The van der Waals surface area contributed by atoms with Gasteiger partial charge in [-0.15, -0.1) is 10.2 Å². The second kappa shape index (κ2) is 3.73. The fraction of sp³-hybridized carbons (Fsp3) is 0.625. The van der Waals surface area contributed by atoms with Gasteiger partial charge in [-0.25, -0.2) is 4.68 Å². The third-order valence-corrected chi connectivity index (χ3v) is 4.08. The van der Waals surface area contributed by atoms with Gasteiger partial charge in [0.2, 0.25) is 5.16 Å². The van der Waals surface area contributed by atoms with Crippen LogP contribution in [-0.4, -0.2) is 30.7 Å². The Morgan fingerprint density at radius 3 is 2.73 bits per heavy atom. The Morgan fingerprint density at radius 2 is 2.27 bits per heavy atom. The highest BCUT2D eigenvalue weighted by molar-refractivity contribution is 8.01. The number of aromatic nitrogens is 3. The highest BCUT2D eigenvalue weighted by Crippen LogP contribution is 2.44. The molecule has 0 spiro atoms. The van der Waals surface area contributed by atoms with E-state index in [1.54, 1.807) is 0 Å². The number of rotatable bonds is 3. The van der Waals surface area contributed by atoms with E-state index in [9.17, 15) is 9.90 Å².